The highest BCUT2D eigenvalue weighted by Gasteiger charge is 2.35. The van der Waals surface area contributed by atoms with Gasteiger partial charge in [0.25, 0.3) is 0 Å². The molecule has 4 rings (SSSR count). The molecule has 2 radical (unpaired) electrons. The molecule has 7 nitrogen and oxygen atoms in total. The summed E-state index contributed by atoms with van der Waals surface area (Å²) in [6.07, 6.45) is -5.05. The summed E-state index contributed by atoms with van der Waals surface area (Å²) >= 11 is 6.30. The molecule has 0 spiro atoms. The number of nitrogens with zero attached hydrogens (tertiary/aromatic N) is 4. The smallest absolute Gasteiger partial charge is 0.397 e. The van der Waals surface area contributed by atoms with Gasteiger partial charge in [-0.3, -0.25) is 4.79 Å². The van der Waals surface area contributed by atoms with E-state index in [-0.39, 0.29) is 22.8 Å². The number of para-hydroxylation sites is 1. The number of alkyl halides is 3. The monoisotopic (exact) mass is 545 g/mol. The average molecular weight is 546 g/mol. The number of amides is 1. The molecule has 0 saturated heterocycles. The molecule has 38 heavy (non-hydrogen) atoms. The zero-order valence-corrected chi connectivity index (χ0v) is 21.3. The summed E-state index contributed by atoms with van der Waals surface area (Å²) in [6.45, 7) is 2.81. The molecule has 0 aliphatic heterocycles. The van der Waals surface area contributed by atoms with E-state index in [4.69, 9.17) is 24.2 Å². The van der Waals surface area contributed by atoms with E-state index in [0.717, 1.165) is 23.1 Å². The lowest BCUT2D eigenvalue weighted by atomic mass is 9.72. The standard InChI is InChI=1S/C25H21BClF4N5O2/c1-13-7-16(23-32-12-33-36(23)3)15-5-4-6-20(22(15)34-13)38-11-17-18(8-14(28)9-19(17)27)24(2,26)35-21(37)10-25(29,30)31/h4-9,12H,10-11H2,1-3H3,(H,35,37)/t24-/m0/s1. The van der Waals surface area contributed by atoms with Crippen molar-refractivity contribution >= 4 is 36.3 Å². The Morgan fingerprint density at radius 1 is 1.24 bits per heavy atom. The number of aromatic nitrogens is 4. The number of hydrogen-bond donors (Lipinski definition) is 1. The highest BCUT2D eigenvalue weighted by molar-refractivity contribution is 6.31. The van der Waals surface area contributed by atoms with Gasteiger partial charge in [-0.1, -0.05) is 23.7 Å². The molecule has 1 amide bonds. The van der Waals surface area contributed by atoms with Gasteiger partial charge >= 0.3 is 6.18 Å². The van der Waals surface area contributed by atoms with Crippen molar-refractivity contribution in [3.63, 3.8) is 0 Å². The highest BCUT2D eigenvalue weighted by Crippen LogP contribution is 2.35. The molecule has 13 heteroatoms. The second-order valence-electron chi connectivity index (χ2n) is 8.92. The van der Waals surface area contributed by atoms with Crippen LogP contribution in [0.2, 0.25) is 5.02 Å². The number of pyridine rings is 1. The first-order valence-corrected chi connectivity index (χ1v) is 11.7. The van der Waals surface area contributed by atoms with Gasteiger partial charge in [0.15, 0.2) is 5.82 Å². The molecule has 0 bridgehead atoms. The molecule has 0 unspecified atom stereocenters. The molecule has 0 saturated carbocycles. The predicted octanol–water partition coefficient (Wildman–Crippen LogP) is 5.12. The minimum atomic E-state index is -4.74. The van der Waals surface area contributed by atoms with Gasteiger partial charge in [-0.15, -0.1) is 0 Å². The Morgan fingerprint density at radius 3 is 2.63 bits per heavy atom. The summed E-state index contributed by atoms with van der Waals surface area (Å²) in [5, 5.41) is 6.88. The Kier molecular flexibility index (Phi) is 7.38. The Hall–Kier alpha value is -3.67. The van der Waals surface area contributed by atoms with E-state index < -0.39 is 29.8 Å². The zero-order valence-electron chi connectivity index (χ0n) is 20.5. The van der Waals surface area contributed by atoms with E-state index in [0.29, 0.717) is 22.8 Å². The lowest BCUT2D eigenvalue weighted by Crippen LogP contribution is -2.46. The molecule has 2 heterocycles. The number of fused-ring (bicyclic) bond motifs is 1. The van der Waals surface area contributed by atoms with E-state index in [9.17, 15) is 22.4 Å². The van der Waals surface area contributed by atoms with Gasteiger partial charge in [0.05, 0.1) is 5.02 Å². The summed E-state index contributed by atoms with van der Waals surface area (Å²) in [4.78, 5) is 20.9. The molecule has 4 aromatic rings. The maximum atomic E-state index is 14.3. The summed E-state index contributed by atoms with van der Waals surface area (Å²) in [7, 11) is 7.92. The highest BCUT2D eigenvalue weighted by atomic mass is 35.5. The largest absolute Gasteiger partial charge is 0.487 e. The Morgan fingerprint density at radius 2 is 1.97 bits per heavy atom. The van der Waals surface area contributed by atoms with Gasteiger partial charge in [-0.05, 0) is 43.7 Å². The van der Waals surface area contributed by atoms with Crippen LogP contribution in [-0.2, 0) is 23.9 Å². The van der Waals surface area contributed by atoms with Crippen LogP contribution in [0.4, 0.5) is 17.6 Å². The first kappa shape index (κ1) is 27.4. The fourth-order valence-electron chi connectivity index (χ4n) is 4.14. The van der Waals surface area contributed by atoms with E-state index in [2.05, 4.69) is 20.4 Å². The number of carbonyl (C=O) groups is 1. The maximum Gasteiger partial charge on any atom is 0.397 e. The number of nitrogens with one attached hydrogen (secondary N) is 1. The van der Waals surface area contributed by atoms with Crippen molar-refractivity contribution in [1.29, 1.82) is 0 Å². The molecule has 2 aromatic heterocycles. The summed E-state index contributed by atoms with van der Waals surface area (Å²) in [5.74, 6) is -1.18. The number of rotatable bonds is 7. The third-order valence-corrected chi connectivity index (χ3v) is 6.07. The topological polar surface area (TPSA) is 81.9 Å². The van der Waals surface area contributed by atoms with Crippen molar-refractivity contribution < 1.29 is 27.1 Å². The van der Waals surface area contributed by atoms with Crippen LogP contribution >= 0.6 is 11.6 Å². The van der Waals surface area contributed by atoms with Gasteiger partial charge in [0.1, 0.15) is 44.3 Å². The predicted molar refractivity (Wildman–Crippen MR) is 134 cm³/mol. The Bertz CT molecular complexity index is 1520. The Balaban J connectivity index is 1.70. The van der Waals surface area contributed by atoms with Crippen molar-refractivity contribution in [2.24, 2.45) is 7.05 Å². The van der Waals surface area contributed by atoms with Gasteiger partial charge < -0.3 is 10.1 Å². The molecule has 0 aliphatic carbocycles. The first-order valence-electron chi connectivity index (χ1n) is 11.3. The van der Waals surface area contributed by atoms with E-state index in [1.165, 1.54) is 13.3 Å². The molecule has 1 atom stereocenters. The third kappa shape index (κ3) is 5.90. The molecule has 0 aliphatic rings. The van der Waals surface area contributed by atoms with Crippen LogP contribution < -0.4 is 10.1 Å². The maximum absolute atomic E-state index is 14.3. The lowest BCUT2D eigenvalue weighted by Gasteiger charge is -2.31. The van der Waals surface area contributed by atoms with Crippen molar-refractivity contribution in [2.45, 2.75) is 38.5 Å². The fraction of sp³-hybridized carbons (Fsp3) is 0.280. The normalized spacial score (nSPS) is 13.4. The molecular formula is C25H21BClF4N5O2. The van der Waals surface area contributed by atoms with Crippen molar-refractivity contribution in [1.82, 2.24) is 25.1 Å². The summed E-state index contributed by atoms with van der Waals surface area (Å²) in [6, 6.07) is 9.17. The van der Waals surface area contributed by atoms with Crippen LogP contribution in [0.15, 0.2) is 42.7 Å². The second kappa shape index (κ2) is 10.2. The number of carbonyl (C=O) groups excluding carboxylic acids is 1. The zero-order chi connectivity index (χ0) is 27.8. The molecule has 1 N–H and O–H groups in total. The number of ether oxygens (including phenoxy) is 1. The number of benzene rings is 2. The van der Waals surface area contributed by atoms with Crippen molar-refractivity contribution in [3.8, 4) is 17.1 Å². The molecule has 2 aromatic carbocycles. The fourth-order valence-corrected chi connectivity index (χ4v) is 4.40. The van der Waals surface area contributed by atoms with Crippen LogP contribution in [0, 0.1) is 12.7 Å². The summed E-state index contributed by atoms with van der Waals surface area (Å²) in [5.41, 5.74) is 0.234. The van der Waals surface area contributed by atoms with E-state index >= 15 is 0 Å². The summed E-state index contributed by atoms with van der Waals surface area (Å²) < 4.78 is 60.0. The minimum Gasteiger partial charge on any atom is -0.487 e. The third-order valence-electron chi connectivity index (χ3n) is 5.73. The van der Waals surface area contributed by atoms with Crippen LogP contribution in [0.1, 0.15) is 30.2 Å². The van der Waals surface area contributed by atoms with Crippen LogP contribution in [0.5, 0.6) is 5.75 Å². The van der Waals surface area contributed by atoms with Gasteiger partial charge in [0.2, 0.25) is 5.91 Å². The van der Waals surface area contributed by atoms with Crippen LogP contribution in [-0.4, -0.2) is 39.7 Å². The van der Waals surface area contributed by atoms with Gasteiger partial charge in [-0.25, -0.2) is 19.0 Å². The molecule has 196 valence electrons. The molecular weight excluding hydrogens is 525 g/mol. The number of halogens is 5. The van der Waals surface area contributed by atoms with Crippen LogP contribution in [0.25, 0.3) is 22.3 Å². The minimum absolute atomic E-state index is 0.0397. The van der Waals surface area contributed by atoms with E-state index in [1.54, 1.807) is 23.9 Å². The number of hydrogen-bond acceptors (Lipinski definition) is 5. The Labute approximate surface area is 221 Å². The van der Waals surface area contributed by atoms with Crippen molar-refractivity contribution in [3.05, 3.63) is 70.4 Å². The quantitative estimate of drug-likeness (QED) is 0.258. The SMILES string of the molecule is [B][C@@](C)(NC(=O)CC(F)(F)F)c1cc(F)cc(Cl)c1COc1cccc2c(-c3ncnn3C)cc(C)nc12. The average Bonchev–Trinajstić information content (AvgIpc) is 3.21. The van der Waals surface area contributed by atoms with Gasteiger partial charge in [-0.2, -0.15) is 18.3 Å². The van der Waals surface area contributed by atoms with Crippen molar-refractivity contribution in [2.75, 3.05) is 0 Å². The van der Waals surface area contributed by atoms with E-state index in [1.807, 2.05) is 19.1 Å². The van der Waals surface area contributed by atoms with Gasteiger partial charge in [0, 0.05) is 34.7 Å². The first-order chi connectivity index (χ1) is 17.7. The number of aryl methyl sites for hydroxylation is 2. The van der Waals surface area contributed by atoms with Crippen LogP contribution in [0.3, 0.4) is 0 Å². The second-order valence-corrected chi connectivity index (χ2v) is 9.32. The molecule has 0 fully saturated rings. The lowest BCUT2D eigenvalue weighted by molar-refractivity contribution is -0.154.